The summed E-state index contributed by atoms with van der Waals surface area (Å²) in [7, 11) is 0. The summed E-state index contributed by atoms with van der Waals surface area (Å²) in [5, 5.41) is 52.3. The fourth-order valence-corrected chi connectivity index (χ4v) is 11.9. The normalized spacial score (nSPS) is 54.3. The topological polar surface area (TPSA) is 137 Å². The Balaban J connectivity index is 1.32. The zero-order valence-electron chi connectivity index (χ0n) is 27.1. The van der Waals surface area contributed by atoms with Crippen LogP contribution < -0.4 is 0 Å². The van der Waals surface area contributed by atoms with E-state index in [1.165, 1.54) is 5.57 Å². The molecule has 0 radical (unpaired) electrons. The second kappa shape index (κ2) is 10.2. The summed E-state index contributed by atoms with van der Waals surface area (Å²) in [6, 6.07) is 0. The Kier molecular flexibility index (Phi) is 7.60. The Morgan fingerprint density at radius 3 is 2.30 bits per heavy atom. The van der Waals surface area contributed by atoms with E-state index in [0.717, 1.165) is 57.8 Å². The molecule has 0 aromatic rings. The molecule has 1 heterocycles. The van der Waals surface area contributed by atoms with Crippen molar-refractivity contribution in [1.29, 1.82) is 0 Å². The lowest BCUT2D eigenvalue weighted by atomic mass is 9.33. The van der Waals surface area contributed by atoms with Crippen LogP contribution in [0.5, 0.6) is 0 Å². The molecule has 5 aliphatic carbocycles. The van der Waals surface area contributed by atoms with Gasteiger partial charge in [0.1, 0.15) is 18.3 Å². The van der Waals surface area contributed by atoms with Crippen molar-refractivity contribution in [3.8, 4) is 0 Å². The molecular weight excluding hydrogens is 548 g/mol. The van der Waals surface area contributed by atoms with Crippen molar-refractivity contribution < 1.29 is 39.8 Å². The molecular formula is C35H56O8. The zero-order valence-corrected chi connectivity index (χ0v) is 27.1. The number of carboxylic acids is 1. The first-order chi connectivity index (χ1) is 20.0. The van der Waals surface area contributed by atoms with Gasteiger partial charge in [0.05, 0.1) is 24.7 Å². The third-order valence-corrected chi connectivity index (χ3v) is 14.9. The van der Waals surface area contributed by atoms with Crippen molar-refractivity contribution in [2.75, 3.05) is 13.2 Å². The summed E-state index contributed by atoms with van der Waals surface area (Å²) in [5.74, 6) is 0.0529. The number of carbonyl (C=O) groups is 1. The van der Waals surface area contributed by atoms with Crippen LogP contribution in [0.1, 0.15) is 106 Å². The monoisotopic (exact) mass is 604 g/mol. The van der Waals surface area contributed by atoms with E-state index in [4.69, 9.17) is 9.47 Å². The number of aliphatic hydroxyl groups is 4. The zero-order chi connectivity index (χ0) is 31.4. The van der Waals surface area contributed by atoms with Crippen LogP contribution in [0, 0.1) is 50.2 Å². The van der Waals surface area contributed by atoms with Gasteiger partial charge < -0.3 is 35.0 Å². The van der Waals surface area contributed by atoms with Gasteiger partial charge in [-0.05, 0) is 104 Å². The van der Waals surface area contributed by atoms with E-state index in [0.29, 0.717) is 12.3 Å². The summed E-state index contributed by atoms with van der Waals surface area (Å²) in [4.78, 5) is 12.9. The van der Waals surface area contributed by atoms with Crippen LogP contribution in [0.25, 0.3) is 0 Å². The van der Waals surface area contributed by atoms with Gasteiger partial charge in [-0.15, -0.1) is 0 Å². The molecule has 0 spiro atoms. The average molecular weight is 605 g/mol. The lowest BCUT2D eigenvalue weighted by molar-refractivity contribution is -0.312. The lowest BCUT2D eigenvalue weighted by Crippen LogP contribution is -2.66. The molecule has 0 bridgehead atoms. The van der Waals surface area contributed by atoms with Gasteiger partial charge in [-0.2, -0.15) is 0 Å². The minimum atomic E-state index is -1.36. The Hall–Kier alpha value is -1.03. The molecule has 5 N–H and O–H groups in total. The highest BCUT2D eigenvalue weighted by Crippen LogP contribution is 2.76. The van der Waals surface area contributed by atoms with Crippen molar-refractivity contribution >= 4 is 5.97 Å². The number of hydrogen-bond acceptors (Lipinski definition) is 7. The smallest absolute Gasteiger partial charge is 0.310 e. The molecule has 6 aliphatic rings. The predicted molar refractivity (Wildman–Crippen MR) is 161 cm³/mol. The maximum Gasteiger partial charge on any atom is 0.310 e. The van der Waals surface area contributed by atoms with Crippen molar-refractivity contribution in [1.82, 2.24) is 0 Å². The third kappa shape index (κ3) is 4.32. The highest BCUT2D eigenvalue weighted by Gasteiger charge is 2.70. The molecule has 8 nitrogen and oxygen atoms in total. The highest BCUT2D eigenvalue weighted by atomic mass is 16.7. The number of carboxylic acid groups (broad SMARTS) is 1. The van der Waals surface area contributed by atoms with Gasteiger partial charge in [-0.1, -0.05) is 53.2 Å². The molecule has 244 valence electrons. The SMILES string of the molecule is CC1(C)CC[C@]2(C(=O)O)CCC3(C)C(=CCC4[C@@]5(C)CC[C@H](O[C@@H]6OC[C@H](O)[C@H](O)[C@H]6O)[C@@](C)(CO)C5CC[C@]43C)[C@@H]2C1. The number of fused-ring (bicyclic) bond motifs is 7. The second-order valence-corrected chi connectivity index (χ2v) is 17.3. The van der Waals surface area contributed by atoms with E-state index in [9.17, 15) is 30.3 Å². The van der Waals surface area contributed by atoms with Crippen molar-refractivity contribution in [3.63, 3.8) is 0 Å². The van der Waals surface area contributed by atoms with Crippen LogP contribution in [-0.4, -0.2) is 75.4 Å². The first kappa shape index (κ1) is 31.9. The maximum atomic E-state index is 12.9. The molecule has 0 amide bonds. The van der Waals surface area contributed by atoms with E-state index in [1.807, 2.05) is 0 Å². The van der Waals surface area contributed by atoms with Crippen molar-refractivity contribution in [3.05, 3.63) is 11.6 Å². The second-order valence-electron chi connectivity index (χ2n) is 17.3. The van der Waals surface area contributed by atoms with Crippen LogP contribution in [-0.2, 0) is 14.3 Å². The quantitative estimate of drug-likeness (QED) is 0.231. The van der Waals surface area contributed by atoms with Gasteiger partial charge in [0.2, 0.25) is 0 Å². The molecule has 3 unspecified atom stereocenters. The van der Waals surface area contributed by atoms with Crippen LogP contribution in [0.4, 0.5) is 0 Å². The van der Waals surface area contributed by atoms with Gasteiger partial charge >= 0.3 is 5.97 Å². The number of allylic oxidation sites excluding steroid dienone is 2. The summed E-state index contributed by atoms with van der Waals surface area (Å²) >= 11 is 0. The molecule has 1 saturated heterocycles. The van der Waals surface area contributed by atoms with E-state index in [2.05, 4.69) is 47.6 Å². The van der Waals surface area contributed by atoms with E-state index < -0.39 is 41.4 Å². The average Bonchev–Trinajstić information content (AvgIpc) is 2.94. The lowest BCUT2D eigenvalue weighted by Gasteiger charge is -2.71. The van der Waals surface area contributed by atoms with Crippen molar-refractivity contribution in [2.45, 2.75) is 136 Å². The number of hydrogen-bond donors (Lipinski definition) is 5. The van der Waals surface area contributed by atoms with Gasteiger partial charge in [0.25, 0.3) is 0 Å². The standard InChI is InChI=1S/C35H56O8/c1-30(2)13-15-35(29(40)41)16-14-33(5)20(21(35)17-30)7-8-24-31(3)11-10-25(43-28-27(39)26(38)22(37)18-42-28)32(4,19-36)23(31)9-12-34(24,33)6/h7,21-28,36-39H,8-19H2,1-6H3,(H,40,41)/t21-,22-,23?,24?,25-,26-,27+,28-,31-,32-,33?,34+,35-/m0/s1. The van der Waals surface area contributed by atoms with Crippen molar-refractivity contribution in [2.24, 2.45) is 50.2 Å². The molecule has 5 fully saturated rings. The highest BCUT2D eigenvalue weighted by molar-refractivity contribution is 5.76. The fraction of sp³-hybridized carbons (Fsp3) is 0.914. The van der Waals surface area contributed by atoms with E-state index >= 15 is 0 Å². The summed E-state index contributed by atoms with van der Waals surface area (Å²) in [6.45, 7) is 13.9. The van der Waals surface area contributed by atoms with E-state index in [-0.39, 0.29) is 52.8 Å². The number of aliphatic hydroxyl groups excluding tert-OH is 4. The maximum absolute atomic E-state index is 12.9. The van der Waals surface area contributed by atoms with Crippen LogP contribution >= 0.6 is 0 Å². The summed E-state index contributed by atoms with van der Waals surface area (Å²) < 4.78 is 12.0. The molecule has 4 saturated carbocycles. The molecule has 6 rings (SSSR count). The molecule has 0 aromatic carbocycles. The molecule has 8 heteroatoms. The number of ether oxygens (including phenoxy) is 2. The van der Waals surface area contributed by atoms with Crippen LogP contribution in [0.15, 0.2) is 11.6 Å². The first-order valence-electron chi connectivity index (χ1n) is 16.9. The molecule has 1 aliphatic heterocycles. The Bertz CT molecular complexity index is 1150. The largest absolute Gasteiger partial charge is 0.481 e. The van der Waals surface area contributed by atoms with Gasteiger partial charge in [0, 0.05) is 5.41 Å². The molecule has 43 heavy (non-hydrogen) atoms. The Morgan fingerprint density at radius 2 is 1.63 bits per heavy atom. The first-order valence-corrected chi connectivity index (χ1v) is 16.9. The molecule has 13 atom stereocenters. The fourth-order valence-electron chi connectivity index (χ4n) is 11.9. The summed E-state index contributed by atoms with van der Waals surface area (Å²) in [6.07, 6.45) is 6.03. The predicted octanol–water partition coefficient (Wildman–Crippen LogP) is 4.67. The van der Waals surface area contributed by atoms with Gasteiger partial charge in [0.15, 0.2) is 6.29 Å². The third-order valence-electron chi connectivity index (χ3n) is 14.9. The Morgan fingerprint density at radius 1 is 0.930 bits per heavy atom. The minimum absolute atomic E-state index is 0.0154. The Labute approximate surface area is 257 Å². The van der Waals surface area contributed by atoms with Gasteiger partial charge in [-0.3, -0.25) is 4.79 Å². The minimum Gasteiger partial charge on any atom is -0.481 e. The van der Waals surface area contributed by atoms with Gasteiger partial charge in [-0.25, -0.2) is 0 Å². The number of rotatable bonds is 4. The number of aliphatic carboxylic acids is 1. The van der Waals surface area contributed by atoms with Crippen LogP contribution in [0.2, 0.25) is 0 Å². The molecule has 0 aromatic heterocycles. The summed E-state index contributed by atoms with van der Waals surface area (Å²) in [5.41, 5.74) is 0.232. The van der Waals surface area contributed by atoms with Crippen LogP contribution in [0.3, 0.4) is 0 Å². The van der Waals surface area contributed by atoms with E-state index in [1.54, 1.807) is 0 Å².